The lowest BCUT2D eigenvalue weighted by Crippen LogP contribution is -2.38. The summed E-state index contributed by atoms with van der Waals surface area (Å²) in [5.41, 5.74) is 3.90. The van der Waals surface area contributed by atoms with Gasteiger partial charge in [0.15, 0.2) is 5.82 Å². The molecule has 10 heteroatoms. The maximum absolute atomic E-state index is 11.5. The molecule has 0 N–H and O–H groups in total. The van der Waals surface area contributed by atoms with Crippen molar-refractivity contribution < 1.29 is 13.5 Å². The number of rotatable bonds is 8. The van der Waals surface area contributed by atoms with Gasteiger partial charge in [0.1, 0.15) is 16.5 Å². The van der Waals surface area contributed by atoms with Gasteiger partial charge < -0.3 is 14.2 Å². The summed E-state index contributed by atoms with van der Waals surface area (Å²) in [4.78, 5) is 17.1. The normalized spacial score (nSPS) is 18.3. The average molecular weight is 537 g/mol. The van der Waals surface area contributed by atoms with Crippen LogP contribution in [0.5, 0.6) is 5.19 Å². The Balaban J connectivity index is 1.09. The fourth-order valence-electron chi connectivity index (χ4n) is 4.89. The smallest absolute Gasteiger partial charge is 0.467 e. The lowest BCUT2D eigenvalue weighted by Gasteiger charge is -2.33. The highest BCUT2D eigenvalue weighted by Gasteiger charge is 2.59. The van der Waals surface area contributed by atoms with Crippen LogP contribution in [0.2, 0.25) is 0 Å². The van der Waals surface area contributed by atoms with Gasteiger partial charge in [-0.3, -0.25) is 0 Å². The van der Waals surface area contributed by atoms with E-state index in [1.54, 1.807) is 0 Å². The molecule has 8 nitrogen and oxygen atoms in total. The Hall–Kier alpha value is -2.98. The molecule has 1 aliphatic carbocycles. The number of aromatic nitrogens is 4. The third kappa shape index (κ3) is 4.84. The molecule has 1 saturated carbocycles. The van der Waals surface area contributed by atoms with Gasteiger partial charge in [0.25, 0.3) is 9.94 Å². The molecule has 4 aromatic rings. The zero-order chi connectivity index (χ0) is 25.6. The first-order chi connectivity index (χ1) is 17.9. The highest BCUT2D eigenvalue weighted by molar-refractivity contribution is 7.67. The van der Waals surface area contributed by atoms with Crippen LogP contribution >= 0.6 is 11.3 Å². The van der Waals surface area contributed by atoms with Crippen LogP contribution in [0.4, 0.5) is 6.01 Å². The first kappa shape index (κ1) is 24.4. The monoisotopic (exact) mass is 536 g/mol. The van der Waals surface area contributed by atoms with Crippen LogP contribution in [0.15, 0.2) is 40.9 Å². The molecule has 1 atom stereocenters. The molecule has 1 aliphatic heterocycles. The maximum Gasteiger partial charge on any atom is 0.470 e. The first-order valence-electron chi connectivity index (χ1n) is 12.9. The van der Waals surface area contributed by atoms with Crippen molar-refractivity contribution in [2.45, 2.75) is 63.2 Å². The van der Waals surface area contributed by atoms with Crippen molar-refractivity contribution in [3.8, 4) is 16.5 Å². The number of ether oxygens (including phenoxy) is 1. The molecular formula is C27H30N5O3S2+. The van der Waals surface area contributed by atoms with Gasteiger partial charge in [-0.1, -0.05) is 54.6 Å². The quantitative estimate of drug-likeness (QED) is 0.254. The molecule has 1 saturated heterocycles. The van der Waals surface area contributed by atoms with E-state index in [1.165, 1.54) is 11.3 Å². The third-order valence-electron chi connectivity index (χ3n) is 7.51. The number of piperidine rings is 1. The molecule has 1 unspecified atom stereocenters. The van der Waals surface area contributed by atoms with Gasteiger partial charge in [0, 0.05) is 47.2 Å². The van der Waals surface area contributed by atoms with Crippen molar-refractivity contribution >= 4 is 39.4 Å². The van der Waals surface area contributed by atoms with Gasteiger partial charge in [-0.15, -0.1) is 0 Å². The van der Waals surface area contributed by atoms with Crippen LogP contribution in [0.3, 0.4) is 0 Å². The molecule has 37 heavy (non-hydrogen) atoms. The summed E-state index contributed by atoms with van der Waals surface area (Å²) in [5, 5.41) is 4.75. The summed E-state index contributed by atoms with van der Waals surface area (Å²) in [6.45, 7) is 8.00. The molecular weight excluding hydrogens is 506 g/mol. The zero-order valence-electron chi connectivity index (χ0n) is 21.2. The topological polar surface area (TPSA) is 94.2 Å². The van der Waals surface area contributed by atoms with Crippen molar-refractivity contribution in [3.05, 3.63) is 47.8 Å². The van der Waals surface area contributed by atoms with Gasteiger partial charge in [0.2, 0.25) is 0 Å². The molecule has 0 spiro atoms. The van der Waals surface area contributed by atoms with Gasteiger partial charge in [-0.25, -0.2) is 9.97 Å². The van der Waals surface area contributed by atoms with E-state index in [0.29, 0.717) is 28.8 Å². The second kappa shape index (κ2) is 9.72. The summed E-state index contributed by atoms with van der Waals surface area (Å²) < 4.78 is 23.0. The number of hydrogen-bond acceptors (Lipinski definition) is 9. The number of benzene rings is 1. The van der Waals surface area contributed by atoms with Crippen LogP contribution in [-0.4, -0.2) is 39.3 Å². The zero-order valence-corrected chi connectivity index (χ0v) is 22.8. The fourth-order valence-corrected chi connectivity index (χ4v) is 6.26. The van der Waals surface area contributed by atoms with E-state index in [9.17, 15) is 4.21 Å². The Morgan fingerprint density at radius 1 is 1.05 bits per heavy atom. The van der Waals surface area contributed by atoms with E-state index in [1.807, 2.05) is 12.1 Å². The average Bonchev–Trinajstić information content (AvgIpc) is 3.37. The Bertz CT molecular complexity index is 1410. The maximum atomic E-state index is 11.5. The molecule has 192 valence electrons. The van der Waals surface area contributed by atoms with Crippen LogP contribution in [0, 0.1) is 5.92 Å². The number of nitrogens with zero attached hydrogens (tertiary/aromatic N) is 5. The Morgan fingerprint density at radius 3 is 2.46 bits per heavy atom. The van der Waals surface area contributed by atoms with Crippen molar-refractivity contribution in [1.82, 2.24) is 20.1 Å². The lowest BCUT2D eigenvalue weighted by molar-refractivity contribution is 0.131. The van der Waals surface area contributed by atoms with Crippen LogP contribution < -0.4 is 9.64 Å². The summed E-state index contributed by atoms with van der Waals surface area (Å²) in [6, 6.07) is 12.9. The van der Waals surface area contributed by atoms with E-state index < -0.39 is 0 Å². The van der Waals surface area contributed by atoms with Gasteiger partial charge in [0.05, 0.1) is 5.69 Å². The molecule has 0 bridgehead atoms. The number of thiazole rings is 1. The molecule has 4 heterocycles. The number of pyridine rings is 1. The molecule has 0 radical (unpaired) electrons. The van der Waals surface area contributed by atoms with Crippen molar-refractivity contribution in [1.29, 1.82) is 0 Å². The largest absolute Gasteiger partial charge is 0.470 e. The third-order valence-corrected chi connectivity index (χ3v) is 9.33. The molecule has 2 aliphatic rings. The Kier molecular flexibility index (Phi) is 6.40. The number of hydrogen-bond donors (Lipinski definition) is 0. The van der Waals surface area contributed by atoms with Gasteiger partial charge >= 0.3 is 17.7 Å². The minimum atomic E-state index is -0.211. The second-order valence-electron chi connectivity index (χ2n) is 10.4. The minimum absolute atomic E-state index is 0.0530. The van der Waals surface area contributed by atoms with Crippen molar-refractivity contribution in [2.75, 3.05) is 18.0 Å². The molecule has 3 aromatic heterocycles. The lowest BCUT2D eigenvalue weighted by atomic mass is 9.92. The number of anilines is 1. The van der Waals surface area contributed by atoms with Crippen LogP contribution in [-0.2, 0) is 20.6 Å². The predicted octanol–water partition coefficient (Wildman–Crippen LogP) is 5.97. The van der Waals surface area contributed by atoms with E-state index in [2.05, 4.69) is 65.1 Å². The molecule has 0 amide bonds. The van der Waals surface area contributed by atoms with Crippen molar-refractivity contribution in [2.24, 2.45) is 5.92 Å². The fraction of sp³-hybridized carbons (Fsp3) is 0.481. The summed E-state index contributed by atoms with van der Waals surface area (Å²) in [5.74, 6) is 1.44. The minimum Gasteiger partial charge on any atom is -0.467 e. The van der Waals surface area contributed by atoms with E-state index >= 15 is 0 Å². The summed E-state index contributed by atoms with van der Waals surface area (Å²) in [6.07, 6.45) is 3.97. The SMILES string of the molecule is CC(C)c1noc(N2CCC(C(C)Oc3nc4ccc(-c5ccc(C6([S+]=O)CC6)cc5)nc4s3)CC2)n1. The van der Waals surface area contributed by atoms with Gasteiger partial charge in [-0.05, 0) is 37.8 Å². The van der Waals surface area contributed by atoms with Gasteiger partial charge in [-0.2, -0.15) is 4.98 Å². The molecule has 6 rings (SSSR count). The summed E-state index contributed by atoms with van der Waals surface area (Å²) >= 11 is 2.20. The van der Waals surface area contributed by atoms with E-state index in [4.69, 9.17) is 14.2 Å². The summed E-state index contributed by atoms with van der Waals surface area (Å²) in [7, 11) is 0. The molecule has 1 aromatic carbocycles. The van der Waals surface area contributed by atoms with E-state index in [-0.39, 0.29) is 16.8 Å². The first-order valence-corrected chi connectivity index (χ1v) is 14.4. The highest BCUT2D eigenvalue weighted by Crippen LogP contribution is 2.48. The second-order valence-corrected chi connectivity index (χ2v) is 12.3. The Labute approximate surface area is 224 Å². The highest BCUT2D eigenvalue weighted by atomic mass is 32.1. The predicted molar refractivity (Wildman–Crippen MR) is 145 cm³/mol. The Morgan fingerprint density at radius 2 is 1.81 bits per heavy atom. The van der Waals surface area contributed by atoms with Crippen molar-refractivity contribution in [3.63, 3.8) is 0 Å². The van der Waals surface area contributed by atoms with Crippen LogP contribution in [0.25, 0.3) is 21.6 Å². The number of fused-ring (bicyclic) bond motifs is 1. The van der Waals surface area contributed by atoms with Crippen LogP contribution in [0.1, 0.15) is 63.8 Å². The molecule has 2 fully saturated rings. The van der Waals surface area contributed by atoms with E-state index in [0.717, 1.165) is 71.8 Å². The standard InChI is InChI=1S/C27H30N5O3S2/c1-16(2)23-30-25(35-31-23)32-14-10-18(11-15-32)17(3)34-26-29-22-9-8-21(28-24(22)36-26)19-4-6-20(7-5-19)27(37-33)12-13-27/h4-9,16-18H,10-15H2,1-3H3/q+1.